The normalized spacial score (nSPS) is 17.6. The topological polar surface area (TPSA) is 207 Å². The third kappa shape index (κ3) is 8.77. The number of aromatic amines is 2. The zero-order valence-corrected chi connectivity index (χ0v) is 33.9. The van der Waals surface area contributed by atoms with E-state index in [1.165, 1.54) is 26.2 Å². The first-order valence-corrected chi connectivity index (χ1v) is 19.4. The average molecular weight is 797 g/mol. The monoisotopic (exact) mass is 796 g/mol. The van der Waals surface area contributed by atoms with Crippen molar-refractivity contribution in [2.75, 3.05) is 41.0 Å². The maximum absolute atomic E-state index is 13.8. The van der Waals surface area contributed by atoms with Gasteiger partial charge in [0.2, 0.25) is 11.8 Å². The van der Waals surface area contributed by atoms with Gasteiger partial charge in [0.1, 0.15) is 29.8 Å². The van der Waals surface area contributed by atoms with Crippen LogP contribution >= 0.6 is 0 Å². The molecule has 2 aliphatic heterocycles. The van der Waals surface area contributed by atoms with Crippen molar-refractivity contribution < 1.29 is 33.4 Å². The fourth-order valence-electron chi connectivity index (χ4n) is 7.46. The molecule has 2 aromatic heterocycles. The Bertz CT molecular complexity index is 2100. The molecule has 17 nitrogen and oxygen atoms in total. The van der Waals surface area contributed by atoms with E-state index in [2.05, 4.69) is 30.9 Å². The summed E-state index contributed by atoms with van der Waals surface area (Å²) in [5.41, 5.74) is 5.33. The van der Waals surface area contributed by atoms with Crippen LogP contribution in [0.4, 0.5) is 14.4 Å². The molecule has 2 fully saturated rings. The van der Waals surface area contributed by atoms with Gasteiger partial charge in [0.05, 0.1) is 51.1 Å². The molecule has 0 bridgehead atoms. The molecule has 308 valence electrons. The van der Waals surface area contributed by atoms with Gasteiger partial charge in [0, 0.05) is 25.4 Å². The molecule has 5 N–H and O–H groups in total. The van der Waals surface area contributed by atoms with Crippen LogP contribution in [0, 0.1) is 11.8 Å². The molecule has 0 spiro atoms. The van der Waals surface area contributed by atoms with Gasteiger partial charge in [0.25, 0.3) is 0 Å². The molecule has 4 heterocycles. The van der Waals surface area contributed by atoms with Crippen molar-refractivity contribution in [3.05, 3.63) is 72.6 Å². The Morgan fingerprint density at radius 2 is 1.31 bits per heavy atom. The summed E-state index contributed by atoms with van der Waals surface area (Å²) in [5, 5.41) is 7.94. The van der Waals surface area contributed by atoms with Gasteiger partial charge in [-0.3, -0.25) is 9.59 Å². The highest BCUT2D eigenvalue weighted by atomic mass is 16.5. The molecule has 2 aliphatic rings. The first-order valence-electron chi connectivity index (χ1n) is 19.4. The maximum Gasteiger partial charge on any atom is 0.407 e. The van der Waals surface area contributed by atoms with Crippen molar-refractivity contribution in [3.8, 4) is 33.6 Å². The third-order valence-corrected chi connectivity index (χ3v) is 10.7. The smallest absolute Gasteiger partial charge is 0.407 e. The molecule has 2 saturated heterocycles. The molecular weight excluding hydrogens is 745 g/mol. The number of urea groups is 1. The Labute approximate surface area is 337 Å². The number of nitrogens with one attached hydrogen (secondary N) is 5. The molecule has 2 aromatic carbocycles. The number of ether oxygens (including phenoxy) is 2. The van der Waals surface area contributed by atoms with Crippen LogP contribution in [0.15, 0.2) is 60.9 Å². The summed E-state index contributed by atoms with van der Waals surface area (Å²) in [5.74, 6) is 0.351. The molecule has 6 rings (SSSR count). The van der Waals surface area contributed by atoms with Crippen molar-refractivity contribution in [3.63, 3.8) is 0 Å². The highest BCUT2D eigenvalue weighted by Gasteiger charge is 2.42. The number of benzene rings is 2. The SMILES string of the molecule is CNC(=O)N1C[C@@H](c2nc(-c3ccc(-c4ccc(-c5cnc([C@@H]6CCCN6C(=O)[C@@H](NC(=O)OC)C(C)C)[nH]5)cc4)cc3)c[nH]2)N(C(=O)[C@@H](NC(=O)OC)C(C)C)C1. The van der Waals surface area contributed by atoms with E-state index in [0.717, 1.165) is 40.8 Å². The van der Waals surface area contributed by atoms with E-state index >= 15 is 0 Å². The lowest BCUT2D eigenvalue weighted by atomic mass is 10.0. The lowest BCUT2D eigenvalue weighted by Gasteiger charge is -2.30. The van der Waals surface area contributed by atoms with Crippen LogP contribution < -0.4 is 16.0 Å². The molecule has 4 atom stereocenters. The quantitative estimate of drug-likeness (QED) is 0.138. The van der Waals surface area contributed by atoms with Gasteiger partial charge in [-0.2, -0.15) is 0 Å². The second-order valence-corrected chi connectivity index (χ2v) is 15.2. The summed E-state index contributed by atoms with van der Waals surface area (Å²) in [7, 11) is 4.05. The predicted octanol–water partition coefficient (Wildman–Crippen LogP) is 5.04. The second kappa shape index (κ2) is 17.8. The lowest BCUT2D eigenvalue weighted by Crippen LogP contribution is -2.51. The number of aromatic nitrogens is 4. The molecule has 6 amide bonds. The van der Waals surface area contributed by atoms with Gasteiger partial charge < -0.3 is 50.1 Å². The van der Waals surface area contributed by atoms with Crippen LogP contribution in [0.1, 0.15) is 64.3 Å². The Hall–Kier alpha value is -6.39. The number of carbonyl (C=O) groups is 5. The highest BCUT2D eigenvalue weighted by molar-refractivity contribution is 5.88. The minimum Gasteiger partial charge on any atom is -0.453 e. The molecule has 0 unspecified atom stereocenters. The van der Waals surface area contributed by atoms with Crippen LogP contribution in [-0.4, -0.2) is 118 Å². The number of rotatable bonds is 11. The van der Waals surface area contributed by atoms with Gasteiger partial charge in [-0.1, -0.05) is 76.2 Å². The number of hydrogen-bond donors (Lipinski definition) is 5. The van der Waals surface area contributed by atoms with E-state index in [1.54, 1.807) is 22.2 Å². The van der Waals surface area contributed by atoms with Crippen LogP contribution in [0.5, 0.6) is 0 Å². The number of hydrogen-bond acceptors (Lipinski definition) is 9. The first-order chi connectivity index (χ1) is 27.8. The largest absolute Gasteiger partial charge is 0.453 e. The van der Waals surface area contributed by atoms with Gasteiger partial charge in [-0.25, -0.2) is 24.4 Å². The summed E-state index contributed by atoms with van der Waals surface area (Å²) < 4.78 is 9.50. The van der Waals surface area contributed by atoms with Crippen LogP contribution in [0.3, 0.4) is 0 Å². The van der Waals surface area contributed by atoms with Crippen LogP contribution in [0.25, 0.3) is 33.6 Å². The standard InChI is InChI=1S/C41H52N10O7/c1-23(2)33(47-40(55)57-6)37(52)50-18-8-9-31(50)35-43-19-29(45-35)27-14-10-25(11-15-27)26-12-16-28(17-13-26)30-20-44-36(46-30)32-21-49(39(54)42-5)22-51(32)38(53)34(24(3)4)48-41(56)58-7/h10-17,19-20,23-24,31-34H,8-9,18,21-22H2,1-7H3,(H,42,54)(H,43,45)(H,44,46)(H,47,55)(H,48,56)/t31-,32-,33-,34-/m0/s1. The number of carbonyl (C=O) groups excluding carboxylic acids is 5. The minimum absolute atomic E-state index is 0.0247. The van der Waals surface area contributed by atoms with Gasteiger partial charge in [0.15, 0.2) is 0 Å². The zero-order chi connectivity index (χ0) is 41.7. The highest BCUT2D eigenvalue weighted by Crippen LogP contribution is 2.34. The number of likely N-dealkylation sites (tertiary alicyclic amines) is 1. The van der Waals surface area contributed by atoms with Crippen molar-refractivity contribution in [1.82, 2.24) is 50.6 Å². The molecule has 58 heavy (non-hydrogen) atoms. The van der Waals surface area contributed by atoms with Gasteiger partial charge in [-0.05, 0) is 41.4 Å². The second-order valence-electron chi connectivity index (χ2n) is 15.2. The number of methoxy groups -OCH3 is 2. The van der Waals surface area contributed by atoms with E-state index in [1.807, 2.05) is 76.2 Å². The minimum atomic E-state index is -0.866. The van der Waals surface area contributed by atoms with E-state index in [9.17, 15) is 24.0 Å². The number of imidazole rings is 2. The summed E-state index contributed by atoms with van der Waals surface area (Å²) in [4.78, 5) is 85.0. The summed E-state index contributed by atoms with van der Waals surface area (Å²) in [6, 6.07) is 13.4. The number of alkyl carbamates (subject to hydrolysis) is 2. The number of amides is 6. The Morgan fingerprint density at radius 3 is 1.86 bits per heavy atom. The predicted molar refractivity (Wildman–Crippen MR) is 215 cm³/mol. The van der Waals surface area contributed by atoms with E-state index in [4.69, 9.17) is 14.5 Å². The Balaban J connectivity index is 1.14. The van der Waals surface area contributed by atoms with Crippen molar-refractivity contribution in [1.29, 1.82) is 0 Å². The molecule has 0 radical (unpaired) electrons. The van der Waals surface area contributed by atoms with Crippen molar-refractivity contribution >= 4 is 30.0 Å². The molecule has 17 heteroatoms. The number of nitrogens with zero attached hydrogens (tertiary/aromatic N) is 5. The van der Waals surface area contributed by atoms with Crippen molar-refractivity contribution in [2.24, 2.45) is 11.8 Å². The molecule has 0 aliphatic carbocycles. The first kappa shape index (κ1) is 41.2. The van der Waals surface area contributed by atoms with E-state index < -0.39 is 30.3 Å². The number of H-pyrrole nitrogens is 2. The summed E-state index contributed by atoms with van der Waals surface area (Å²) in [6.45, 7) is 8.25. The molecular formula is C41H52N10O7. The Morgan fingerprint density at radius 1 is 0.759 bits per heavy atom. The van der Waals surface area contributed by atoms with Crippen molar-refractivity contribution in [2.45, 2.75) is 64.7 Å². The summed E-state index contributed by atoms with van der Waals surface area (Å²) >= 11 is 0. The zero-order valence-electron chi connectivity index (χ0n) is 33.9. The fraction of sp³-hybridized carbons (Fsp3) is 0.439. The Kier molecular flexibility index (Phi) is 12.7. The fourth-order valence-corrected chi connectivity index (χ4v) is 7.46. The van der Waals surface area contributed by atoms with Crippen LogP contribution in [0.2, 0.25) is 0 Å². The molecule has 4 aromatic rings. The van der Waals surface area contributed by atoms with E-state index in [-0.39, 0.29) is 48.9 Å². The average Bonchev–Trinajstić information content (AvgIpc) is 4.07. The lowest BCUT2D eigenvalue weighted by molar-refractivity contribution is -0.136. The van der Waals surface area contributed by atoms with Crippen LogP contribution in [-0.2, 0) is 19.1 Å². The van der Waals surface area contributed by atoms with E-state index in [0.29, 0.717) is 23.9 Å². The van der Waals surface area contributed by atoms with Gasteiger partial charge >= 0.3 is 18.2 Å². The summed E-state index contributed by atoms with van der Waals surface area (Å²) in [6.07, 6.45) is 3.80. The van der Waals surface area contributed by atoms with Gasteiger partial charge in [-0.15, -0.1) is 0 Å². The third-order valence-electron chi connectivity index (χ3n) is 10.7. The molecule has 0 saturated carbocycles. The maximum atomic E-state index is 13.8.